The van der Waals surface area contributed by atoms with Crippen molar-refractivity contribution in [2.45, 2.75) is 6.54 Å². The third kappa shape index (κ3) is 2.03. The van der Waals surface area contributed by atoms with Crippen molar-refractivity contribution < 1.29 is 0 Å². The van der Waals surface area contributed by atoms with Crippen LogP contribution in [0.15, 0.2) is 37.1 Å². The molecule has 3 aromatic rings. The Morgan fingerprint density at radius 2 is 2.29 bits per heavy atom. The first-order valence-electron chi connectivity index (χ1n) is 5.07. The summed E-state index contributed by atoms with van der Waals surface area (Å²) < 4.78 is 1.67. The molecule has 3 heterocycles. The van der Waals surface area contributed by atoms with Crippen molar-refractivity contribution in [2.24, 2.45) is 0 Å². The number of H-pyrrole nitrogens is 1. The van der Waals surface area contributed by atoms with E-state index in [1.165, 1.54) is 6.33 Å². The fourth-order valence-corrected chi connectivity index (χ4v) is 1.44. The third-order valence-electron chi connectivity index (χ3n) is 2.20. The van der Waals surface area contributed by atoms with Crippen molar-refractivity contribution in [3.8, 4) is 11.5 Å². The third-order valence-corrected chi connectivity index (χ3v) is 2.20. The predicted molar refractivity (Wildman–Crippen MR) is 58.7 cm³/mol. The molecule has 7 nitrogen and oxygen atoms in total. The SMILES string of the molecule is c1ccc(-c2n[nH]c(Cn3cncn3)n2)nc1. The Kier molecular flexibility index (Phi) is 2.34. The lowest BCUT2D eigenvalue weighted by Gasteiger charge is -1.94. The molecular formula is C10H9N7. The molecule has 3 rings (SSSR count). The minimum Gasteiger partial charge on any atom is -0.261 e. The van der Waals surface area contributed by atoms with Crippen LogP contribution in [0.4, 0.5) is 0 Å². The van der Waals surface area contributed by atoms with E-state index in [0.717, 1.165) is 11.5 Å². The number of pyridine rings is 1. The summed E-state index contributed by atoms with van der Waals surface area (Å²) in [6, 6.07) is 5.62. The van der Waals surface area contributed by atoms with Gasteiger partial charge in [0, 0.05) is 6.20 Å². The van der Waals surface area contributed by atoms with Gasteiger partial charge in [0.2, 0.25) is 0 Å². The average Bonchev–Trinajstić information content (AvgIpc) is 3.02. The lowest BCUT2D eigenvalue weighted by Crippen LogP contribution is -2.01. The Morgan fingerprint density at radius 1 is 1.29 bits per heavy atom. The first-order chi connectivity index (χ1) is 8.42. The maximum atomic E-state index is 4.34. The molecule has 0 aliphatic heterocycles. The Balaban J connectivity index is 1.84. The fraction of sp³-hybridized carbons (Fsp3) is 0.100. The van der Waals surface area contributed by atoms with Gasteiger partial charge in [0.15, 0.2) is 5.82 Å². The van der Waals surface area contributed by atoms with Crippen LogP contribution in [0.3, 0.4) is 0 Å². The van der Waals surface area contributed by atoms with Crippen LogP contribution < -0.4 is 0 Å². The van der Waals surface area contributed by atoms with Gasteiger partial charge in [0.1, 0.15) is 30.7 Å². The van der Waals surface area contributed by atoms with E-state index < -0.39 is 0 Å². The van der Waals surface area contributed by atoms with Gasteiger partial charge in [0.25, 0.3) is 0 Å². The van der Waals surface area contributed by atoms with E-state index >= 15 is 0 Å². The van der Waals surface area contributed by atoms with E-state index in [9.17, 15) is 0 Å². The van der Waals surface area contributed by atoms with Crippen LogP contribution in [0, 0.1) is 0 Å². The fourth-order valence-electron chi connectivity index (χ4n) is 1.44. The Morgan fingerprint density at radius 3 is 3.06 bits per heavy atom. The molecule has 0 radical (unpaired) electrons. The van der Waals surface area contributed by atoms with E-state index in [-0.39, 0.29) is 0 Å². The second-order valence-electron chi connectivity index (χ2n) is 3.41. The summed E-state index contributed by atoms with van der Waals surface area (Å²) in [6.07, 6.45) is 4.82. The first-order valence-corrected chi connectivity index (χ1v) is 5.07. The van der Waals surface area contributed by atoms with Crippen LogP contribution in [0.25, 0.3) is 11.5 Å². The molecule has 0 atom stereocenters. The molecule has 0 saturated heterocycles. The van der Waals surface area contributed by atoms with E-state index in [1.54, 1.807) is 17.2 Å². The van der Waals surface area contributed by atoms with Gasteiger partial charge >= 0.3 is 0 Å². The van der Waals surface area contributed by atoms with Crippen molar-refractivity contribution in [2.75, 3.05) is 0 Å². The highest BCUT2D eigenvalue weighted by Gasteiger charge is 2.06. The van der Waals surface area contributed by atoms with Gasteiger partial charge in [-0.15, -0.1) is 0 Å². The van der Waals surface area contributed by atoms with Gasteiger partial charge in [-0.25, -0.2) is 14.6 Å². The Hall–Kier alpha value is -2.57. The van der Waals surface area contributed by atoms with Gasteiger partial charge in [0.05, 0.1) is 0 Å². The summed E-state index contributed by atoms with van der Waals surface area (Å²) in [5, 5.41) is 11.0. The number of aromatic nitrogens is 7. The molecule has 0 aliphatic rings. The van der Waals surface area contributed by atoms with Crippen LogP contribution in [-0.4, -0.2) is 34.9 Å². The molecule has 0 spiro atoms. The Labute approximate surface area is 96.6 Å². The minimum atomic E-state index is 0.514. The van der Waals surface area contributed by atoms with E-state index in [2.05, 4.69) is 30.2 Å². The largest absolute Gasteiger partial charge is 0.261 e. The summed E-state index contributed by atoms with van der Waals surface area (Å²) in [5.41, 5.74) is 0.744. The van der Waals surface area contributed by atoms with Crippen LogP contribution in [0.1, 0.15) is 5.82 Å². The zero-order chi connectivity index (χ0) is 11.5. The summed E-state index contributed by atoms with van der Waals surface area (Å²) in [7, 11) is 0. The monoisotopic (exact) mass is 227 g/mol. The number of rotatable bonds is 3. The molecule has 0 unspecified atom stereocenters. The van der Waals surface area contributed by atoms with Gasteiger partial charge in [-0.3, -0.25) is 10.1 Å². The van der Waals surface area contributed by atoms with Gasteiger partial charge < -0.3 is 0 Å². The molecule has 1 N–H and O–H groups in total. The quantitative estimate of drug-likeness (QED) is 0.704. The molecule has 0 saturated carbocycles. The summed E-state index contributed by atoms with van der Waals surface area (Å²) >= 11 is 0. The van der Waals surface area contributed by atoms with Gasteiger partial charge in [-0.2, -0.15) is 10.2 Å². The van der Waals surface area contributed by atoms with Crippen molar-refractivity contribution in [1.82, 2.24) is 34.9 Å². The van der Waals surface area contributed by atoms with Crippen molar-refractivity contribution in [3.63, 3.8) is 0 Å². The van der Waals surface area contributed by atoms with Crippen LogP contribution in [-0.2, 0) is 6.54 Å². The average molecular weight is 227 g/mol. The first kappa shape index (κ1) is 9.64. The highest BCUT2D eigenvalue weighted by Crippen LogP contribution is 2.10. The second-order valence-corrected chi connectivity index (χ2v) is 3.41. The molecule has 84 valence electrons. The number of hydrogen-bond donors (Lipinski definition) is 1. The zero-order valence-electron chi connectivity index (χ0n) is 8.85. The standard InChI is InChI=1S/C10H9N7/c1-2-4-12-8(3-1)10-14-9(15-16-10)5-17-7-11-6-13-17/h1-4,6-7H,5H2,(H,14,15,16). The lowest BCUT2D eigenvalue weighted by molar-refractivity contribution is 0.656. The number of hydrogen-bond acceptors (Lipinski definition) is 5. The van der Waals surface area contributed by atoms with E-state index in [1.807, 2.05) is 18.2 Å². The molecule has 17 heavy (non-hydrogen) atoms. The van der Waals surface area contributed by atoms with Crippen LogP contribution >= 0.6 is 0 Å². The summed E-state index contributed by atoms with van der Waals surface area (Å²) in [6.45, 7) is 0.514. The molecule has 7 heteroatoms. The van der Waals surface area contributed by atoms with E-state index in [4.69, 9.17) is 0 Å². The van der Waals surface area contributed by atoms with Gasteiger partial charge in [-0.1, -0.05) is 6.07 Å². The molecule has 0 aliphatic carbocycles. The van der Waals surface area contributed by atoms with Crippen molar-refractivity contribution in [1.29, 1.82) is 0 Å². The number of aromatic amines is 1. The minimum absolute atomic E-state index is 0.514. The zero-order valence-corrected chi connectivity index (χ0v) is 8.85. The van der Waals surface area contributed by atoms with Crippen molar-refractivity contribution in [3.05, 3.63) is 42.9 Å². The predicted octanol–water partition coefficient (Wildman–Crippen LogP) is 0.506. The van der Waals surface area contributed by atoms with Crippen LogP contribution in [0.5, 0.6) is 0 Å². The summed E-state index contributed by atoms with van der Waals surface area (Å²) in [5.74, 6) is 1.30. The van der Waals surface area contributed by atoms with Crippen molar-refractivity contribution >= 4 is 0 Å². The maximum Gasteiger partial charge on any atom is 0.199 e. The molecular weight excluding hydrogens is 218 g/mol. The molecule has 0 amide bonds. The smallest absolute Gasteiger partial charge is 0.199 e. The summed E-state index contributed by atoms with van der Waals surface area (Å²) in [4.78, 5) is 12.4. The lowest BCUT2D eigenvalue weighted by atomic mass is 10.3. The number of nitrogens with zero attached hydrogens (tertiary/aromatic N) is 6. The number of nitrogens with one attached hydrogen (secondary N) is 1. The maximum absolute atomic E-state index is 4.34. The molecule has 0 fully saturated rings. The normalized spacial score (nSPS) is 10.6. The molecule has 3 aromatic heterocycles. The van der Waals surface area contributed by atoms with E-state index in [0.29, 0.717) is 12.4 Å². The Bertz CT molecular complexity index is 584. The topological polar surface area (TPSA) is 85.2 Å². The molecule has 0 aromatic carbocycles. The molecule has 0 bridgehead atoms. The van der Waals surface area contributed by atoms with Gasteiger partial charge in [-0.05, 0) is 12.1 Å². The highest BCUT2D eigenvalue weighted by molar-refractivity contribution is 5.47. The second kappa shape index (κ2) is 4.12. The highest BCUT2D eigenvalue weighted by atomic mass is 15.3. The van der Waals surface area contributed by atoms with Crippen LogP contribution in [0.2, 0.25) is 0 Å².